The van der Waals surface area contributed by atoms with E-state index in [9.17, 15) is 16.8 Å². The number of hydrogen-bond acceptors (Lipinski definition) is 5. The highest BCUT2D eigenvalue weighted by Crippen LogP contribution is 2.18. The Labute approximate surface area is 91.8 Å². The van der Waals surface area contributed by atoms with E-state index in [0.717, 1.165) is 12.1 Å². The molecule has 0 unspecified atom stereocenters. The molecule has 0 atom stereocenters. The standard InChI is InChI=1S/C7H8O7S2/c8-4-5-1-6(15(9,10)11)3-7(2-5)16(12,13)14/h1-3,8H,4H2,(H,9,10,11)(H,12,13,14). The summed E-state index contributed by atoms with van der Waals surface area (Å²) >= 11 is 0. The molecule has 90 valence electrons. The van der Waals surface area contributed by atoms with Crippen LogP contribution in [0, 0.1) is 0 Å². The Morgan fingerprint density at radius 3 is 1.50 bits per heavy atom. The van der Waals surface area contributed by atoms with Crippen molar-refractivity contribution in [1.29, 1.82) is 0 Å². The maximum absolute atomic E-state index is 10.8. The minimum atomic E-state index is -4.60. The number of aliphatic hydroxyl groups excluding tert-OH is 1. The smallest absolute Gasteiger partial charge is 0.294 e. The second-order valence-corrected chi connectivity index (χ2v) is 5.76. The fraction of sp³-hybridized carbons (Fsp3) is 0.143. The molecule has 0 amide bonds. The molecule has 0 radical (unpaired) electrons. The highest BCUT2D eigenvalue weighted by atomic mass is 32.2. The van der Waals surface area contributed by atoms with Gasteiger partial charge in [0.1, 0.15) is 0 Å². The Hall–Kier alpha value is -1.00. The molecule has 9 heteroatoms. The SMILES string of the molecule is O=S(=O)(O)c1cc(CO)cc(S(=O)(=O)O)c1. The number of aliphatic hydroxyl groups is 1. The van der Waals surface area contributed by atoms with E-state index in [0.29, 0.717) is 6.07 Å². The molecule has 0 aliphatic heterocycles. The molecule has 0 saturated carbocycles. The van der Waals surface area contributed by atoms with Gasteiger partial charge in [0.05, 0.1) is 16.4 Å². The first-order chi connectivity index (χ1) is 7.14. The first kappa shape index (κ1) is 13.1. The Kier molecular flexibility index (Phi) is 3.35. The van der Waals surface area contributed by atoms with Gasteiger partial charge in [0.15, 0.2) is 0 Å². The predicted molar refractivity (Wildman–Crippen MR) is 52.0 cm³/mol. The Bertz CT molecular complexity index is 549. The summed E-state index contributed by atoms with van der Waals surface area (Å²) in [5, 5.41) is 8.77. The van der Waals surface area contributed by atoms with Crippen molar-refractivity contribution < 1.29 is 31.0 Å². The van der Waals surface area contributed by atoms with Gasteiger partial charge in [-0.15, -0.1) is 0 Å². The maximum atomic E-state index is 10.8. The average Bonchev–Trinajstić information content (AvgIpc) is 2.14. The molecule has 0 saturated heterocycles. The molecular formula is C7H8O7S2. The van der Waals surface area contributed by atoms with E-state index in [1.54, 1.807) is 0 Å². The molecule has 0 bridgehead atoms. The molecule has 1 rings (SSSR count). The minimum absolute atomic E-state index is 0.0669. The van der Waals surface area contributed by atoms with Crippen LogP contribution in [-0.4, -0.2) is 31.0 Å². The molecular weight excluding hydrogens is 260 g/mol. The predicted octanol–water partition coefficient (Wildman–Crippen LogP) is -0.328. The van der Waals surface area contributed by atoms with E-state index < -0.39 is 36.6 Å². The summed E-state index contributed by atoms with van der Waals surface area (Å²) in [6.45, 7) is -0.633. The van der Waals surface area contributed by atoms with E-state index in [-0.39, 0.29) is 5.56 Å². The van der Waals surface area contributed by atoms with Crippen molar-refractivity contribution in [3.8, 4) is 0 Å². The molecule has 0 fully saturated rings. The van der Waals surface area contributed by atoms with Crippen molar-refractivity contribution in [3.05, 3.63) is 23.8 Å². The third-order valence-corrected chi connectivity index (χ3v) is 3.38. The van der Waals surface area contributed by atoms with Crippen molar-refractivity contribution >= 4 is 20.2 Å². The first-order valence-corrected chi connectivity index (χ1v) is 6.72. The summed E-state index contributed by atoms with van der Waals surface area (Å²) in [5.74, 6) is 0. The zero-order valence-corrected chi connectivity index (χ0v) is 9.36. The van der Waals surface area contributed by atoms with Gasteiger partial charge in [0.2, 0.25) is 0 Å². The van der Waals surface area contributed by atoms with E-state index in [1.807, 2.05) is 0 Å². The molecule has 3 N–H and O–H groups in total. The number of hydrogen-bond donors (Lipinski definition) is 3. The van der Waals surface area contributed by atoms with Crippen LogP contribution >= 0.6 is 0 Å². The lowest BCUT2D eigenvalue weighted by molar-refractivity contribution is 0.281. The third kappa shape index (κ3) is 3.00. The van der Waals surface area contributed by atoms with Crippen LogP contribution in [0.15, 0.2) is 28.0 Å². The lowest BCUT2D eigenvalue weighted by atomic mass is 10.2. The van der Waals surface area contributed by atoms with Gasteiger partial charge in [0, 0.05) is 0 Å². The molecule has 0 heterocycles. The second kappa shape index (κ2) is 4.11. The summed E-state index contributed by atoms with van der Waals surface area (Å²) in [5.41, 5.74) is -0.0669. The van der Waals surface area contributed by atoms with Crippen molar-refractivity contribution in [2.75, 3.05) is 0 Å². The zero-order valence-electron chi connectivity index (χ0n) is 7.73. The quantitative estimate of drug-likeness (QED) is 0.640. The van der Waals surface area contributed by atoms with E-state index in [2.05, 4.69) is 0 Å². The second-order valence-electron chi connectivity index (χ2n) is 2.92. The Morgan fingerprint density at radius 1 is 0.875 bits per heavy atom. The third-order valence-electron chi connectivity index (χ3n) is 1.72. The van der Waals surface area contributed by atoms with Crippen molar-refractivity contribution in [3.63, 3.8) is 0 Å². The maximum Gasteiger partial charge on any atom is 0.294 e. The van der Waals surface area contributed by atoms with Crippen LogP contribution in [0.5, 0.6) is 0 Å². The molecule has 16 heavy (non-hydrogen) atoms. The van der Waals surface area contributed by atoms with Gasteiger partial charge in [-0.1, -0.05) is 0 Å². The summed E-state index contributed by atoms with van der Waals surface area (Å²) < 4.78 is 60.5. The molecule has 1 aromatic rings. The minimum Gasteiger partial charge on any atom is -0.392 e. The van der Waals surface area contributed by atoms with Gasteiger partial charge in [-0.2, -0.15) is 16.8 Å². The zero-order chi connectivity index (χ0) is 12.6. The van der Waals surface area contributed by atoms with Crippen molar-refractivity contribution in [1.82, 2.24) is 0 Å². The topological polar surface area (TPSA) is 129 Å². The van der Waals surface area contributed by atoms with Gasteiger partial charge >= 0.3 is 0 Å². The lowest BCUT2D eigenvalue weighted by Crippen LogP contribution is -2.05. The monoisotopic (exact) mass is 268 g/mol. The summed E-state index contributed by atoms with van der Waals surface area (Å²) in [4.78, 5) is -1.43. The van der Waals surface area contributed by atoms with Crippen LogP contribution in [0.25, 0.3) is 0 Å². The molecule has 0 aliphatic carbocycles. The van der Waals surface area contributed by atoms with Crippen LogP contribution in [0.1, 0.15) is 5.56 Å². The largest absolute Gasteiger partial charge is 0.392 e. The average molecular weight is 268 g/mol. The van der Waals surface area contributed by atoms with Gasteiger partial charge in [-0.05, 0) is 23.8 Å². The van der Waals surface area contributed by atoms with Crippen molar-refractivity contribution in [2.24, 2.45) is 0 Å². The van der Waals surface area contributed by atoms with E-state index in [4.69, 9.17) is 14.2 Å². The van der Waals surface area contributed by atoms with Crippen LogP contribution < -0.4 is 0 Å². The summed E-state index contributed by atoms with van der Waals surface area (Å²) in [7, 11) is -9.21. The van der Waals surface area contributed by atoms with Gasteiger partial charge in [0.25, 0.3) is 20.2 Å². The van der Waals surface area contributed by atoms with Crippen LogP contribution in [-0.2, 0) is 26.8 Å². The normalized spacial score (nSPS) is 12.7. The van der Waals surface area contributed by atoms with E-state index >= 15 is 0 Å². The Balaban J connectivity index is 3.58. The summed E-state index contributed by atoms with van der Waals surface area (Å²) in [6.07, 6.45) is 0. The van der Waals surface area contributed by atoms with Gasteiger partial charge < -0.3 is 5.11 Å². The fourth-order valence-electron chi connectivity index (χ4n) is 1.02. The van der Waals surface area contributed by atoms with Gasteiger partial charge in [-0.25, -0.2) is 0 Å². The number of benzene rings is 1. The highest BCUT2D eigenvalue weighted by Gasteiger charge is 2.17. The molecule has 0 aliphatic rings. The fourth-order valence-corrected chi connectivity index (χ4v) is 2.25. The first-order valence-electron chi connectivity index (χ1n) is 3.84. The van der Waals surface area contributed by atoms with E-state index in [1.165, 1.54) is 0 Å². The molecule has 7 nitrogen and oxygen atoms in total. The van der Waals surface area contributed by atoms with Crippen molar-refractivity contribution in [2.45, 2.75) is 16.4 Å². The highest BCUT2D eigenvalue weighted by molar-refractivity contribution is 7.86. The van der Waals surface area contributed by atoms with Crippen LogP contribution in [0.3, 0.4) is 0 Å². The summed E-state index contributed by atoms with van der Waals surface area (Å²) in [6, 6.07) is 2.37. The molecule has 1 aromatic carbocycles. The van der Waals surface area contributed by atoms with Crippen LogP contribution in [0.2, 0.25) is 0 Å². The molecule has 0 spiro atoms. The molecule has 0 aromatic heterocycles. The Morgan fingerprint density at radius 2 is 1.25 bits per heavy atom. The number of rotatable bonds is 3. The van der Waals surface area contributed by atoms with Crippen LogP contribution in [0.4, 0.5) is 0 Å². The lowest BCUT2D eigenvalue weighted by Gasteiger charge is -2.04. The van der Waals surface area contributed by atoms with Gasteiger partial charge in [-0.3, -0.25) is 9.11 Å².